The third-order valence-corrected chi connectivity index (χ3v) is 4.73. The number of aliphatic hydroxyl groups is 2. The molecule has 0 atom stereocenters. The quantitative estimate of drug-likeness (QED) is 0.551. The molecule has 9 nitrogen and oxygen atoms in total. The number of nitrogens with zero attached hydrogens (tertiary/aromatic N) is 4. The summed E-state index contributed by atoms with van der Waals surface area (Å²) in [5, 5.41) is 29.9. The molecule has 0 aromatic carbocycles. The summed E-state index contributed by atoms with van der Waals surface area (Å²) in [6.07, 6.45) is 2.59. The van der Waals surface area contributed by atoms with Gasteiger partial charge in [-0.15, -0.1) is 11.3 Å². The number of β-amino-alcohol motifs (C(OH)–C–C–N with tert-alkyl or cyclic N) is 2. The molecule has 4 rings (SSSR count). The summed E-state index contributed by atoms with van der Waals surface area (Å²) >= 11 is 1.18. The fraction of sp³-hybridized carbons (Fsp3) is 0.200. The van der Waals surface area contributed by atoms with E-state index in [0.29, 0.717) is 5.13 Å². The van der Waals surface area contributed by atoms with Crippen molar-refractivity contribution in [1.29, 1.82) is 0 Å². The van der Waals surface area contributed by atoms with Gasteiger partial charge >= 0.3 is 5.97 Å². The van der Waals surface area contributed by atoms with Crippen molar-refractivity contribution in [3.63, 3.8) is 0 Å². The fourth-order valence-electron chi connectivity index (χ4n) is 2.78. The Bertz CT molecular complexity index is 1090. The number of thiazole rings is 1. The van der Waals surface area contributed by atoms with Crippen LogP contribution in [0.15, 0.2) is 28.6 Å². The summed E-state index contributed by atoms with van der Waals surface area (Å²) in [5.41, 5.74) is -1.37. The first-order valence-electron chi connectivity index (χ1n) is 7.35. The first-order chi connectivity index (χ1) is 12.3. The molecule has 3 aromatic heterocycles. The molecule has 26 heavy (non-hydrogen) atoms. The average Bonchev–Trinajstić information content (AvgIpc) is 3.07. The van der Waals surface area contributed by atoms with Gasteiger partial charge in [0.25, 0.3) is 0 Å². The lowest BCUT2D eigenvalue weighted by Gasteiger charge is -2.43. The zero-order chi connectivity index (χ0) is 18.6. The van der Waals surface area contributed by atoms with E-state index in [9.17, 15) is 29.3 Å². The largest absolute Gasteiger partial charge is 0.477 e. The van der Waals surface area contributed by atoms with E-state index in [1.165, 1.54) is 27.0 Å². The fourth-order valence-corrected chi connectivity index (χ4v) is 3.40. The van der Waals surface area contributed by atoms with E-state index in [1.807, 2.05) is 0 Å². The number of rotatable bonds is 3. The van der Waals surface area contributed by atoms with Crippen molar-refractivity contribution in [1.82, 2.24) is 14.5 Å². The normalized spacial score (nSPS) is 15.9. The number of aromatic carboxylic acids is 1. The van der Waals surface area contributed by atoms with Crippen molar-refractivity contribution < 1.29 is 24.5 Å². The van der Waals surface area contributed by atoms with Crippen LogP contribution in [0.1, 0.15) is 10.4 Å². The SMILES string of the molecule is O=C(O)c1cn(-c2nccs2)c2nc(N3CC(O)(O)C3)c(F)cc2c1=O. The highest BCUT2D eigenvalue weighted by Crippen LogP contribution is 2.29. The van der Waals surface area contributed by atoms with Crippen LogP contribution in [0.4, 0.5) is 10.2 Å². The van der Waals surface area contributed by atoms with E-state index in [-0.39, 0.29) is 29.9 Å². The second-order valence-corrected chi connectivity index (χ2v) is 6.74. The van der Waals surface area contributed by atoms with Crippen LogP contribution in [0.5, 0.6) is 0 Å². The number of carboxylic acids is 1. The summed E-state index contributed by atoms with van der Waals surface area (Å²) in [7, 11) is 0. The Morgan fingerprint density at radius 1 is 1.35 bits per heavy atom. The Morgan fingerprint density at radius 3 is 2.65 bits per heavy atom. The molecule has 0 bridgehead atoms. The summed E-state index contributed by atoms with van der Waals surface area (Å²) in [6, 6.07) is 0.908. The molecule has 3 aromatic rings. The number of anilines is 1. The number of hydrogen-bond acceptors (Lipinski definition) is 8. The van der Waals surface area contributed by atoms with Gasteiger partial charge in [-0.05, 0) is 6.07 Å². The van der Waals surface area contributed by atoms with Crippen LogP contribution in [-0.2, 0) is 0 Å². The third kappa shape index (κ3) is 2.53. The molecule has 0 aliphatic carbocycles. The zero-order valence-corrected chi connectivity index (χ0v) is 13.8. The van der Waals surface area contributed by atoms with Gasteiger partial charge in [-0.25, -0.2) is 19.2 Å². The number of hydrogen-bond donors (Lipinski definition) is 3. The predicted octanol–water partition coefficient (Wildman–Crippen LogP) is 0.180. The van der Waals surface area contributed by atoms with Crippen LogP contribution < -0.4 is 10.3 Å². The van der Waals surface area contributed by atoms with E-state index in [1.54, 1.807) is 5.38 Å². The van der Waals surface area contributed by atoms with E-state index < -0.39 is 28.6 Å². The van der Waals surface area contributed by atoms with E-state index in [2.05, 4.69) is 9.97 Å². The van der Waals surface area contributed by atoms with E-state index in [4.69, 9.17) is 0 Å². The lowest BCUT2D eigenvalue weighted by molar-refractivity contribution is -0.176. The smallest absolute Gasteiger partial charge is 0.341 e. The van der Waals surface area contributed by atoms with Gasteiger partial charge in [0.2, 0.25) is 5.43 Å². The van der Waals surface area contributed by atoms with Crippen molar-refractivity contribution in [3.05, 3.63) is 45.4 Å². The number of pyridine rings is 2. The summed E-state index contributed by atoms with van der Waals surface area (Å²) in [4.78, 5) is 33.3. The van der Waals surface area contributed by atoms with Gasteiger partial charge in [0, 0.05) is 17.8 Å². The number of aromatic nitrogens is 3. The molecule has 134 valence electrons. The molecule has 0 radical (unpaired) electrons. The molecule has 0 saturated carbocycles. The first kappa shape index (κ1) is 16.6. The van der Waals surface area contributed by atoms with Gasteiger partial charge in [-0.1, -0.05) is 0 Å². The van der Waals surface area contributed by atoms with Crippen LogP contribution in [0, 0.1) is 5.82 Å². The van der Waals surface area contributed by atoms with Crippen molar-refractivity contribution in [2.75, 3.05) is 18.0 Å². The molecule has 0 unspecified atom stereocenters. The number of fused-ring (bicyclic) bond motifs is 1. The molecule has 1 fully saturated rings. The lowest BCUT2D eigenvalue weighted by Crippen LogP contribution is -2.62. The topological polar surface area (TPSA) is 129 Å². The van der Waals surface area contributed by atoms with Gasteiger partial charge in [-0.3, -0.25) is 9.36 Å². The standard InChI is InChI=1S/C15H11FN4O5S/c16-9-3-7-10(21)8(13(22)23)4-20(14-17-1-2-26-14)11(7)18-12(9)19-5-15(24,25)6-19/h1-4,24-25H,5-6H2,(H,22,23). The first-order valence-corrected chi connectivity index (χ1v) is 8.23. The second-order valence-electron chi connectivity index (χ2n) is 5.87. The number of carbonyl (C=O) groups is 1. The molecule has 3 N–H and O–H groups in total. The summed E-state index contributed by atoms with van der Waals surface area (Å²) in [5.74, 6) is -4.40. The Morgan fingerprint density at radius 2 is 2.08 bits per heavy atom. The molecule has 0 spiro atoms. The van der Waals surface area contributed by atoms with Crippen LogP contribution in [0.25, 0.3) is 16.2 Å². The second kappa shape index (κ2) is 5.56. The van der Waals surface area contributed by atoms with Gasteiger partial charge < -0.3 is 20.2 Å². The maximum atomic E-state index is 14.5. The van der Waals surface area contributed by atoms with Gasteiger partial charge in [0.15, 0.2) is 28.2 Å². The van der Waals surface area contributed by atoms with Crippen LogP contribution >= 0.6 is 11.3 Å². The van der Waals surface area contributed by atoms with Gasteiger partial charge in [0.05, 0.1) is 18.5 Å². The lowest BCUT2D eigenvalue weighted by atomic mass is 10.1. The third-order valence-electron chi connectivity index (χ3n) is 3.96. The highest BCUT2D eigenvalue weighted by molar-refractivity contribution is 7.12. The van der Waals surface area contributed by atoms with Gasteiger partial charge in [-0.2, -0.15) is 0 Å². The van der Waals surface area contributed by atoms with Crippen molar-refractivity contribution >= 4 is 34.2 Å². The average molecular weight is 378 g/mol. The van der Waals surface area contributed by atoms with Crippen molar-refractivity contribution in [2.45, 2.75) is 5.79 Å². The highest BCUT2D eigenvalue weighted by Gasteiger charge is 2.41. The van der Waals surface area contributed by atoms with Crippen LogP contribution in [0.2, 0.25) is 0 Å². The molecule has 1 aliphatic rings. The minimum Gasteiger partial charge on any atom is -0.477 e. The van der Waals surface area contributed by atoms with Crippen LogP contribution in [-0.4, -0.2) is 54.7 Å². The van der Waals surface area contributed by atoms with Crippen molar-refractivity contribution in [2.24, 2.45) is 0 Å². The van der Waals surface area contributed by atoms with Crippen molar-refractivity contribution in [3.8, 4) is 5.13 Å². The molecule has 0 amide bonds. The highest BCUT2D eigenvalue weighted by atomic mass is 32.1. The number of halogens is 1. The summed E-state index contributed by atoms with van der Waals surface area (Å²) in [6.45, 7) is -0.478. The molecule has 1 aliphatic heterocycles. The van der Waals surface area contributed by atoms with Crippen LogP contribution in [0.3, 0.4) is 0 Å². The van der Waals surface area contributed by atoms with Gasteiger partial charge in [0.1, 0.15) is 5.56 Å². The van der Waals surface area contributed by atoms with E-state index in [0.717, 1.165) is 12.3 Å². The Hall–Kier alpha value is -2.89. The molecular formula is C15H11FN4O5S. The minimum atomic E-state index is -1.93. The zero-order valence-electron chi connectivity index (χ0n) is 13.0. The Balaban J connectivity index is 2.00. The Kier molecular flexibility index (Phi) is 3.54. The molecule has 1 saturated heterocycles. The predicted molar refractivity (Wildman–Crippen MR) is 89.3 cm³/mol. The monoisotopic (exact) mass is 378 g/mol. The molecule has 4 heterocycles. The van der Waals surface area contributed by atoms with E-state index >= 15 is 0 Å². The molecular weight excluding hydrogens is 367 g/mol. The summed E-state index contributed by atoms with van der Waals surface area (Å²) < 4.78 is 15.8. The number of carboxylic acid groups (broad SMARTS) is 1. The minimum absolute atomic E-state index is 0.0275. The maximum absolute atomic E-state index is 14.5. The maximum Gasteiger partial charge on any atom is 0.341 e. The molecule has 11 heteroatoms. The Labute approximate surface area is 148 Å².